The van der Waals surface area contributed by atoms with Gasteiger partial charge in [-0.1, -0.05) is 6.58 Å². The summed E-state index contributed by atoms with van der Waals surface area (Å²) in [5.41, 5.74) is 2.04. The minimum Gasteiger partial charge on any atom is -0.507 e. The summed E-state index contributed by atoms with van der Waals surface area (Å²) in [6.45, 7) is 5.77. The van der Waals surface area contributed by atoms with Gasteiger partial charge in [0.15, 0.2) is 23.4 Å². The minimum atomic E-state index is -1.40. The predicted molar refractivity (Wildman–Crippen MR) is 109 cm³/mol. The van der Waals surface area contributed by atoms with Crippen LogP contribution in [0, 0.1) is 0 Å². The number of rotatable bonds is 3. The molecule has 31 heavy (non-hydrogen) atoms. The maximum Gasteiger partial charge on any atom is 0.235 e. The molecule has 3 heterocycles. The molecule has 0 saturated heterocycles. The SMILES string of the molecule is C=C(C)[C@@H]1Cc2c(cc(O)c3c2O[C@@H]2[C@@H](O)Oc4cc(OC)c(OC)cc4[C@@H]2C3=O)O1. The van der Waals surface area contributed by atoms with Gasteiger partial charge in [0.2, 0.25) is 6.29 Å². The Labute approximate surface area is 178 Å². The third-order valence-corrected chi connectivity index (χ3v) is 6.02. The van der Waals surface area contributed by atoms with Crippen LogP contribution < -0.4 is 23.7 Å². The second-order valence-corrected chi connectivity index (χ2v) is 7.91. The van der Waals surface area contributed by atoms with E-state index in [1.165, 1.54) is 20.3 Å². The van der Waals surface area contributed by atoms with Crippen molar-refractivity contribution < 1.29 is 38.7 Å². The van der Waals surface area contributed by atoms with E-state index >= 15 is 0 Å². The average Bonchev–Trinajstić information content (AvgIpc) is 3.17. The number of benzene rings is 2. The molecule has 0 bridgehead atoms. The standard InChI is InChI=1S/C23H22O8/c1-9(2)13-6-11-14(29-13)7-12(24)19-20(25)18-10-5-16(27-3)17(28-4)8-15(10)30-23(26)22(18)31-21(11)19/h5,7-8,13,18,22-24,26H,1,6H2,2-4H3/t13-,18+,22-,23-/m0/s1. The number of fused-ring (bicyclic) bond motifs is 6. The number of aromatic hydroxyl groups is 1. The number of phenolic OH excluding ortho intramolecular Hbond substituents is 1. The molecule has 162 valence electrons. The van der Waals surface area contributed by atoms with Crippen molar-refractivity contribution in [1.82, 2.24) is 0 Å². The maximum absolute atomic E-state index is 13.6. The van der Waals surface area contributed by atoms with Crippen LogP contribution in [0.15, 0.2) is 30.4 Å². The Morgan fingerprint density at radius 3 is 2.48 bits per heavy atom. The number of Topliss-reactive ketones (excluding diaryl/α,β-unsaturated/α-hetero) is 1. The number of aliphatic hydroxyl groups is 1. The number of ketones is 1. The van der Waals surface area contributed by atoms with E-state index in [4.69, 9.17) is 23.7 Å². The summed E-state index contributed by atoms with van der Waals surface area (Å²) in [4.78, 5) is 13.6. The Bertz CT molecular complexity index is 1120. The topological polar surface area (TPSA) is 104 Å². The fraction of sp³-hybridized carbons (Fsp3) is 0.348. The molecule has 0 spiro atoms. The molecule has 0 radical (unpaired) electrons. The maximum atomic E-state index is 13.6. The molecule has 4 atom stereocenters. The van der Waals surface area contributed by atoms with Gasteiger partial charge < -0.3 is 33.9 Å². The van der Waals surface area contributed by atoms with E-state index in [2.05, 4.69) is 6.58 Å². The Morgan fingerprint density at radius 1 is 1.10 bits per heavy atom. The smallest absolute Gasteiger partial charge is 0.235 e. The van der Waals surface area contributed by atoms with Crippen LogP contribution in [-0.4, -0.2) is 48.7 Å². The van der Waals surface area contributed by atoms with Crippen LogP contribution in [0.5, 0.6) is 34.5 Å². The molecule has 0 amide bonds. The van der Waals surface area contributed by atoms with Gasteiger partial charge in [-0.25, -0.2) is 0 Å². The largest absolute Gasteiger partial charge is 0.507 e. The number of hydrogen-bond acceptors (Lipinski definition) is 8. The highest BCUT2D eigenvalue weighted by atomic mass is 16.6. The summed E-state index contributed by atoms with van der Waals surface area (Å²) in [5.74, 6) is 0.260. The number of methoxy groups -OCH3 is 2. The van der Waals surface area contributed by atoms with Crippen molar-refractivity contribution in [3.05, 3.63) is 47.0 Å². The third kappa shape index (κ3) is 2.75. The summed E-state index contributed by atoms with van der Waals surface area (Å²) < 4.78 is 28.3. The van der Waals surface area contributed by atoms with Crippen molar-refractivity contribution in [2.24, 2.45) is 0 Å². The van der Waals surface area contributed by atoms with E-state index < -0.39 is 18.3 Å². The fourth-order valence-corrected chi connectivity index (χ4v) is 4.45. The van der Waals surface area contributed by atoms with E-state index in [0.29, 0.717) is 34.8 Å². The molecule has 5 rings (SSSR count). The zero-order valence-corrected chi connectivity index (χ0v) is 17.3. The number of carbonyl (C=O) groups is 1. The molecule has 0 unspecified atom stereocenters. The first-order valence-electron chi connectivity index (χ1n) is 9.86. The third-order valence-electron chi connectivity index (χ3n) is 6.02. The molecule has 3 aliphatic rings. The zero-order valence-electron chi connectivity index (χ0n) is 17.3. The van der Waals surface area contributed by atoms with Crippen LogP contribution in [-0.2, 0) is 6.42 Å². The lowest BCUT2D eigenvalue weighted by Gasteiger charge is -2.40. The van der Waals surface area contributed by atoms with Gasteiger partial charge in [-0.15, -0.1) is 0 Å². The van der Waals surface area contributed by atoms with Gasteiger partial charge >= 0.3 is 0 Å². The quantitative estimate of drug-likeness (QED) is 0.722. The lowest BCUT2D eigenvalue weighted by molar-refractivity contribution is -0.112. The van der Waals surface area contributed by atoms with Gasteiger partial charge in [0.05, 0.1) is 20.1 Å². The van der Waals surface area contributed by atoms with E-state index in [0.717, 1.165) is 5.57 Å². The first-order chi connectivity index (χ1) is 14.8. The van der Waals surface area contributed by atoms with E-state index in [-0.39, 0.29) is 34.7 Å². The molecular weight excluding hydrogens is 404 g/mol. The molecule has 2 N–H and O–H groups in total. The second kappa shape index (κ2) is 6.81. The minimum absolute atomic E-state index is 0.0702. The van der Waals surface area contributed by atoms with Crippen LogP contribution >= 0.6 is 0 Å². The Hall–Kier alpha value is -3.39. The summed E-state index contributed by atoms with van der Waals surface area (Å²) in [7, 11) is 2.97. The van der Waals surface area contributed by atoms with Crippen LogP contribution in [0.2, 0.25) is 0 Å². The van der Waals surface area contributed by atoms with Gasteiger partial charge in [0, 0.05) is 29.7 Å². The van der Waals surface area contributed by atoms with Crippen molar-refractivity contribution in [3.63, 3.8) is 0 Å². The summed E-state index contributed by atoms with van der Waals surface area (Å²) in [6, 6.07) is 4.63. The number of aliphatic hydroxyl groups excluding tert-OH is 1. The van der Waals surface area contributed by atoms with E-state index in [9.17, 15) is 15.0 Å². The molecule has 3 aliphatic heterocycles. The molecule has 0 fully saturated rings. The number of hydrogen-bond donors (Lipinski definition) is 2. The molecule has 8 heteroatoms. The van der Waals surface area contributed by atoms with Crippen LogP contribution in [0.3, 0.4) is 0 Å². The van der Waals surface area contributed by atoms with Gasteiger partial charge in [-0.2, -0.15) is 0 Å². The average molecular weight is 426 g/mol. The molecular formula is C23H22O8. The first kappa shape index (κ1) is 19.6. The van der Waals surface area contributed by atoms with Crippen molar-refractivity contribution in [2.75, 3.05) is 14.2 Å². The van der Waals surface area contributed by atoms with E-state index in [1.807, 2.05) is 6.92 Å². The van der Waals surface area contributed by atoms with Crippen molar-refractivity contribution >= 4 is 5.78 Å². The fourth-order valence-electron chi connectivity index (χ4n) is 4.45. The Balaban J connectivity index is 1.65. The zero-order chi connectivity index (χ0) is 22.0. The van der Waals surface area contributed by atoms with Crippen molar-refractivity contribution in [1.29, 1.82) is 0 Å². The van der Waals surface area contributed by atoms with Crippen LogP contribution in [0.4, 0.5) is 0 Å². The summed E-state index contributed by atoms with van der Waals surface area (Å²) >= 11 is 0. The van der Waals surface area contributed by atoms with E-state index in [1.54, 1.807) is 12.1 Å². The highest BCUT2D eigenvalue weighted by Crippen LogP contribution is 2.53. The summed E-state index contributed by atoms with van der Waals surface area (Å²) in [6.07, 6.45) is -2.22. The number of phenols is 1. The van der Waals surface area contributed by atoms with Crippen LogP contribution in [0.25, 0.3) is 0 Å². The molecule has 0 aromatic heterocycles. The van der Waals surface area contributed by atoms with Gasteiger partial charge in [-0.05, 0) is 18.6 Å². The molecule has 2 aromatic rings. The second-order valence-electron chi connectivity index (χ2n) is 7.91. The molecule has 0 aliphatic carbocycles. The lowest BCUT2D eigenvalue weighted by Crippen LogP contribution is -2.49. The Kier molecular flexibility index (Phi) is 4.30. The van der Waals surface area contributed by atoms with Crippen molar-refractivity contribution in [2.45, 2.75) is 37.8 Å². The normalized spacial score (nSPS) is 25.1. The number of ether oxygens (including phenoxy) is 5. The highest BCUT2D eigenvalue weighted by Gasteiger charge is 2.50. The monoisotopic (exact) mass is 426 g/mol. The molecule has 0 saturated carbocycles. The molecule has 2 aromatic carbocycles. The van der Waals surface area contributed by atoms with Gasteiger partial charge in [-0.3, -0.25) is 4.79 Å². The van der Waals surface area contributed by atoms with Gasteiger partial charge in [0.25, 0.3) is 0 Å². The number of carbonyl (C=O) groups excluding carboxylic acids is 1. The molecule has 8 nitrogen and oxygen atoms in total. The first-order valence-corrected chi connectivity index (χ1v) is 9.86. The summed E-state index contributed by atoms with van der Waals surface area (Å²) in [5, 5.41) is 21.3. The highest BCUT2D eigenvalue weighted by molar-refractivity contribution is 6.08. The van der Waals surface area contributed by atoms with Crippen LogP contribution in [0.1, 0.15) is 34.3 Å². The predicted octanol–water partition coefficient (Wildman–Crippen LogP) is 2.73. The lowest BCUT2D eigenvalue weighted by atomic mass is 9.80. The van der Waals surface area contributed by atoms with Crippen molar-refractivity contribution in [3.8, 4) is 34.5 Å². The van der Waals surface area contributed by atoms with Gasteiger partial charge in [0.1, 0.15) is 34.7 Å². The Morgan fingerprint density at radius 2 is 1.81 bits per heavy atom.